The van der Waals surface area contributed by atoms with Gasteiger partial charge in [-0.25, -0.2) is 4.98 Å². The van der Waals surface area contributed by atoms with Gasteiger partial charge in [0.15, 0.2) is 16.6 Å². The zero-order valence-electron chi connectivity index (χ0n) is 12.4. The molecule has 0 unspecified atom stereocenters. The summed E-state index contributed by atoms with van der Waals surface area (Å²) in [7, 11) is 3.30. The molecule has 0 spiro atoms. The summed E-state index contributed by atoms with van der Waals surface area (Å²) in [5.74, 6) is 2.21. The Morgan fingerprint density at radius 2 is 1.95 bits per heavy atom. The monoisotopic (exact) mass is 307 g/mol. The molecule has 1 aromatic carbocycles. The van der Waals surface area contributed by atoms with Gasteiger partial charge in [0.25, 0.3) is 0 Å². The third-order valence-electron chi connectivity index (χ3n) is 3.89. The molecule has 0 aliphatic carbocycles. The van der Waals surface area contributed by atoms with E-state index in [4.69, 9.17) is 9.47 Å². The van der Waals surface area contributed by atoms with Crippen molar-refractivity contribution in [2.45, 2.75) is 12.8 Å². The van der Waals surface area contributed by atoms with Crippen molar-refractivity contribution in [1.82, 2.24) is 10.3 Å². The number of methoxy groups -OCH3 is 2. The van der Waals surface area contributed by atoms with Crippen LogP contribution in [0.25, 0.3) is 10.2 Å². The van der Waals surface area contributed by atoms with E-state index in [9.17, 15) is 0 Å². The molecular formula is C15H21N3O2S. The fraction of sp³-hybridized carbons (Fsp3) is 0.533. The van der Waals surface area contributed by atoms with Crippen LogP contribution in [0.15, 0.2) is 12.1 Å². The average Bonchev–Trinajstić information content (AvgIpc) is 2.94. The molecular weight excluding hydrogens is 286 g/mol. The quantitative estimate of drug-likeness (QED) is 0.889. The van der Waals surface area contributed by atoms with Gasteiger partial charge < -0.3 is 20.1 Å². The van der Waals surface area contributed by atoms with Crippen LogP contribution in [0, 0.1) is 5.92 Å². The standard InChI is InChI=1S/C15H21N3O2S/c1-19-12-7-11-14(8-13(12)20-2)21-15(18-11)17-9-10-3-5-16-6-4-10/h7-8,10,16H,3-6,9H2,1-2H3,(H,17,18). The lowest BCUT2D eigenvalue weighted by Gasteiger charge is -2.22. The fourth-order valence-corrected chi connectivity index (χ4v) is 3.53. The molecule has 0 amide bonds. The lowest BCUT2D eigenvalue weighted by atomic mass is 9.98. The molecule has 1 aliphatic rings. The molecule has 0 bridgehead atoms. The van der Waals surface area contributed by atoms with Gasteiger partial charge in [-0.2, -0.15) is 0 Å². The Kier molecular flexibility index (Phi) is 4.45. The number of nitrogens with zero attached hydrogens (tertiary/aromatic N) is 1. The van der Waals surface area contributed by atoms with Crippen molar-refractivity contribution in [3.63, 3.8) is 0 Å². The number of hydrogen-bond donors (Lipinski definition) is 2. The van der Waals surface area contributed by atoms with E-state index in [0.717, 1.165) is 52.4 Å². The second-order valence-corrected chi connectivity index (χ2v) is 6.30. The Morgan fingerprint density at radius 3 is 2.67 bits per heavy atom. The number of anilines is 1. The number of ether oxygens (including phenoxy) is 2. The fourth-order valence-electron chi connectivity index (χ4n) is 2.65. The van der Waals surface area contributed by atoms with Crippen molar-refractivity contribution in [1.29, 1.82) is 0 Å². The van der Waals surface area contributed by atoms with Gasteiger partial charge in [0.05, 0.1) is 24.4 Å². The van der Waals surface area contributed by atoms with Crippen LogP contribution >= 0.6 is 11.3 Å². The number of fused-ring (bicyclic) bond motifs is 1. The van der Waals surface area contributed by atoms with Gasteiger partial charge in [0, 0.05) is 18.7 Å². The smallest absolute Gasteiger partial charge is 0.183 e. The molecule has 2 aromatic rings. The molecule has 2 heterocycles. The van der Waals surface area contributed by atoms with E-state index in [-0.39, 0.29) is 0 Å². The molecule has 0 atom stereocenters. The van der Waals surface area contributed by atoms with E-state index in [2.05, 4.69) is 15.6 Å². The van der Waals surface area contributed by atoms with Crippen LogP contribution in [-0.4, -0.2) is 38.8 Å². The van der Waals surface area contributed by atoms with Gasteiger partial charge in [-0.3, -0.25) is 0 Å². The van der Waals surface area contributed by atoms with Crippen LogP contribution in [0.2, 0.25) is 0 Å². The molecule has 1 fully saturated rings. The van der Waals surface area contributed by atoms with Crippen LogP contribution < -0.4 is 20.1 Å². The van der Waals surface area contributed by atoms with Gasteiger partial charge in [-0.1, -0.05) is 11.3 Å². The van der Waals surface area contributed by atoms with E-state index in [0.29, 0.717) is 0 Å². The van der Waals surface area contributed by atoms with E-state index in [1.54, 1.807) is 25.6 Å². The van der Waals surface area contributed by atoms with Crippen LogP contribution in [0.5, 0.6) is 11.5 Å². The van der Waals surface area contributed by atoms with E-state index < -0.39 is 0 Å². The maximum Gasteiger partial charge on any atom is 0.183 e. The predicted molar refractivity (Wildman–Crippen MR) is 86.8 cm³/mol. The second-order valence-electron chi connectivity index (χ2n) is 5.27. The van der Waals surface area contributed by atoms with Crippen molar-refractivity contribution in [2.75, 3.05) is 39.2 Å². The minimum absolute atomic E-state index is 0.722. The SMILES string of the molecule is COc1cc2nc(NCC3CCNCC3)sc2cc1OC. The zero-order valence-corrected chi connectivity index (χ0v) is 13.3. The minimum atomic E-state index is 0.722. The number of hydrogen-bond acceptors (Lipinski definition) is 6. The summed E-state index contributed by atoms with van der Waals surface area (Å²) < 4.78 is 11.8. The zero-order chi connectivity index (χ0) is 14.7. The summed E-state index contributed by atoms with van der Waals surface area (Å²) in [6.45, 7) is 3.25. The van der Waals surface area contributed by atoms with E-state index in [1.165, 1.54) is 12.8 Å². The third kappa shape index (κ3) is 3.22. The van der Waals surface area contributed by atoms with Gasteiger partial charge >= 0.3 is 0 Å². The summed E-state index contributed by atoms with van der Waals surface area (Å²) in [6, 6.07) is 3.92. The van der Waals surface area contributed by atoms with Crippen molar-refractivity contribution in [3.05, 3.63) is 12.1 Å². The van der Waals surface area contributed by atoms with Crippen LogP contribution in [0.3, 0.4) is 0 Å². The van der Waals surface area contributed by atoms with Gasteiger partial charge in [-0.15, -0.1) is 0 Å². The highest BCUT2D eigenvalue weighted by atomic mass is 32.1. The Labute approximate surface area is 128 Å². The molecule has 6 heteroatoms. The van der Waals surface area contributed by atoms with Gasteiger partial charge in [0.2, 0.25) is 0 Å². The van der Waals surface area contributed by atoms with Crippen molar-refractivity contribution in [2.24, 2.45) is 5.92 Å². The number of thiazole rings is 1. The summed E-state index contributed by atoms with van der Waals surface area (Å²) in [4.78, 5) is 4.64. The predicted octanol–water partition coefficient (Wildman–Crippen LogP) is 2.73. The van der Waals surface area contributed by atoms with Crippen molar-refractivity contribution < 1.29 is 9.47 Å². The van der Waals surface area contributed by atoms with Crippen LogP contribution in [-0.2, 0) is 0 Å². The highest BCUT2D eigenvalue weighted by Gasteiger charge is 2.14. The second kappa shape index (κ2) is 6.49. The molecule has 0 radical (unpaired) electrons. The molecule has 5 nitrogen and oxygen atoms in total. The largest absolute Gasteiger partial charge is 0.493 e. The Morgan fingerprint density at radius 1 is 1.24 bits per heavy atom. The Balaban J connectivity index is 1.74. The summed E-state index contributed by atoms with van der Waals surface area (Å²) in [5, 5.41) is 7.84. The van der Waals surface area contributed by atoms with Crippen molar-refractivity contribution in [3.8, 4) is 11.5 Å². The van der Waals surface area contributed by atoms with Gasteiger partial charge in [-0.05, 0) is 31.8 Å². The summed E-state index contributed by atoms with van der Waals surface area (Å²) in [6.07, 6.45) is 2.47. The maximum absolute atomic E-state index is 5.34. The van der Waals surface area contributed by atoms with Crippen LogP contribution in [0.1, 0.15) is 12.8 Å². The third-order valence-corrected chi connectivity index (χ3v) is 4.87. The molecule has 3 rings (SSSR count). The number of aromatic nitrogens is 1. The molecule has 2 N–H and O–H groups in total. The highest BCUT2D eigenvalue weighted by molar-refractivity contribution is 7.22. The molecule has 1 aromatic heterocycles. The van der Waals surface area contributed by atoms with Gasteiger partial charge in [0.1, 0.15) is 0 Å². The molecule has 0 saturated carbocycles. The number of rotatable bonds is 5. The first kappa shape index (κ1) is 14.4. The number of benzene rings is 1. The number of piperidine rings is 1. The molecule has 21 heavy (non-hydrogen) atoms. The first-order chi connectivity index (χ1) is 10.3. The summed E-state index contributed by atoms with van der Waals surface area (Å²) >= 11 is 1.66. The lowest BCUT2D eigenvalue weighted by molar-refractivity contribution is 0.356. The Hall–Kier alpha value is -1.53. The Bertz CT molecular complexity index is 567. The molecule has 1 saturated heterocycles. The van der Waals surface area contributed by atoms with Crippen molar-refractivity contribution >= 4 is 26.7 Å². The highest BCUT2D eigenvalue weighted by Crippen LogP contribution is 2.36. The maximum atomic E-state index is 5.34. The molecule has 114 valence electrons. The van der Waals surface area contributed by atoms with Crippen LogP contribution in [0.4, 0.5) is 5.13 Å². The normalized spacial score (nSPS) is 16.1. The molecule has 1 aliphatic heterocycles. The lowest BCUT2D eigenvalue weighted by Crippen LogP contribution is -2.31. The van der Waals surface area contributed by atoms with E-state index >= 15 is 0 Å². The first-order valence-electron chi connectivity index (χ1n) is 7.27. The summed E-state index contributed by atoms with van der Waals surface area (Å²) in [5.41, 5.74) is 0.950. The first-order valence-corrected chi connectivity index (χ1v) is 8.09. The number of nitrogens with one attached hydrogen (secondary N) is 2. The topological polar surface area (TPSA) is 55.4 Å². The minimum Gasteiger partial charge on any atom is -0.493 e. The average molecular weight is 307 g/mol. The van der Waals surface area contributed by atoms with E-state index in [1.807, 2.05) is 12.1 Å².